The van der Waals surface area contributed by atoms with E-state index in [1.54, 1.807) is 24.3 Å². The van der Waals surface area contributed by atoms with E-state index in [2.05, 4.69) is 16.7 Å². The third kappa shape index (κ3) is 4.95. The quantitative estimate of drug-likeness (QED) is 0.893. The first-order valence-electron chi connectivity index (χ1n) is 7.96. The zero-order valence-electron chi connectivity index (χ0n) is 14.9. The summed E-state index contributed by atoms with van der Waals surface area (Å²) < 4.78 is 0. The lowest BCUT2D eigenvalue weighted by molar-refractivity contribution is 0.0918. The van der Waals surface area contributed by atoms with Crippen LogP contribution < -0.4 is 10.6 Å². The smallest absolute Gasteiger partial charge is 0.255 e. The van der Waals surface area contributed by atoms with Crippen molar-refractivity contribution in [3.8, 4) is 0 Å². The summed E-state index contributed by atoms with van der Waals surface area (Å²) in [4.78, 5) is 24.4. The first-order chi connectivity index (χ1) is 11.1. The molecule has 0 saturated carbocycles. The molecule has 2 amide bonds. The van der Waals surface area contributed by atoms with Gasteiger partial charge in [-0.05, 0) is 82.1 Å². The molecule has 0 saturated heterocycles. The van der Waals surface area contributed by atoms with Crippen LogP contribution in [0, 0.1) is 13.8 Å². The van der Waals surface area contributed by atoms with Crippen LogP contribution in [0.25, 0.3) is 0 Å². The number of rotatable bonds is 3. The highest BCUT2D eigenvalue weighted by atomic mass is 16.2. The molecular weight excluding hydrogens is 300 g/mol. The number of hydrogen-bond acceptors (Lipinski definition) is 2. The molecule has 0 heterocycles. The third-order valence-corrected chi connectivity index (χ3v) is 3.38. The zero-order chi connectivity index (χ0) is 17.9. The van der Waals surface area contributed by atoms with Crippen molar-refractivity contribution in [1.29, 1.82) is 0 Å². The van der Waals surface area contributed by atoms with Crippen LogP contribution in [0.5, 0.6) is 0 Å². The Morgan fingerprint density at radius 1 is 0.792 bits per heavy atom. The van der Waals surface area contributed by atoms with Crippen molar-refractivity contribution >= 4 is 17.5 Å². The van der Waals surface area contributed by atoms with Crippen LogP contribution in [0.3, 0.4) is 0 Å². The second kappa shape index (κ2) is 6.87. The molecule has 0 aliphatic heterocycles. The average Bonchev–Trinajstić information content (AvgIpc) is 2.44. The van der Waals surface area contributed by atoms with E-state index in [0.717, 1.165) is 16.8 Å². The lowest BCUT2D eigenvalue weighted by Gasteiger charge is -2.20. The molecule has 2 N–H and O–H groups in total. The fraction of sp³-hybridized carbons (Fsp3) is 0.300. The Kier molecular flexibility index (Phi) is 5.07. The second-order valence-corrected chi connectivity index (χ2v) is 7.11. The molecule has 2 aromatic carbocycles. The maximum atomic E-state index is 12.3. The minimum Gasteiger partial charge on any atom is -0.347 e. The summed E-state index contributed by atoms with van der Waals surface area (Å²) in [6, 6.07) is 12.6. The van der Waals surface area contributed by atoms with E-state index in [4.69, 9.17) is 0 Å². The Bertz CT molecular complexity index is 736. The number of nitrogens with one attached hydrogen (secondary N) is 2. The highest BCUT2D eigenvalue weighted by molar-refractivity contribution is 6.05. The number of hydrogen-bond donors (Lipinski definition) is 2. The van der Waals surface area contributed by atoms with Gasteiger partial charge in [-0.15, -0.1) is 0 Å². The van der Waals surface area contributed by atoms with E-state index < -0.39 is 0 Å². The molecule has 0 atom stereocenters. The Balaban J connectivity index is 2.10. The molecule has 0 aliphatic rings. The van der Waals surface area contributed by atoms with Gasteiger partial charge in [0.25, 0.3) is 11.8 Å². The normalized spacial score (nSPS) is 11.0. The van der Waals surface area contributed by atoms with Gasteiger partial charge in [-0.2, -0.15) is 0 Å². The molecule has 0 radical (unpaired) electrons. The highest BCUT2D eigenvalue weighted by Gasteiger charge is 2.15. The Morgan fingerprint density at radius 3 is 1.71 bits per heavy atom. The predicted octanol–water partition coefficient (Wildman–Crippen LogP) is 4.08. The second-order valence-electron chi connectivity index (χ2n) is 7.11. The lowest BCUT2D eigenvalue weighted by Crippen LogP contribution is -2.40. The lowest BCUT2D eigenvalue weighted by atomic mass is 10.1. The molecule has 0 unspecified atom stereocenters. The fourth-order valence-electron chi connectivity index (χ4n) is 2.44. The number of aryl methyl sites for hydroxylation is 2. The van der Waals surface area contributed by atoms with Gasteiger partial charge in [-0.1, -0.05) is 6.07 Å². The first-order valence-corrected chi connectivity index (χ1v) is 7.96. The van der Waals surface area contributed by atoms with Gasteiger partial charge in [0.2, 0.25) is 0 Å². The first kappa shape index (κ1) is 17.7. The summed E-state index contributed by atoms with van der Waals surface area (Å²) in [5.74, 6) is -0.341. The van der Waals surface area contributed by atoms with Gasteiger partial charge in [0.05, 0.1) is 0 Å². The van der Waals surface area contributed by atoms with Gasteiger partial charge in [0.15, 0.2) is 0 Å². The Hall–Kier alpha value is -2.62. The van der Waals surface area contributed by atoms with Gasteiger partial charge in [-0.25, -0.2) is 0 Å². The molecule has 0 spiro atoms. The average molecular weight is 324 g/mol. The molecule has 4 nitrogen and oxygen atoms in total. The minimum atomic E-state index is -0.295. The maximum Gasteiger partial charge on any atom is 0.255 e. The molecule has 4 heteroatoms. The van der Waals surface area contributed by atoms with Crippen molar-refractivity contribution in [3.63, 3.8) is 0 Å². The van der Waals surface area contributed by atoms with E-state index in [1.807, 2.05) is 46.8 Å². The molecule has 2 aromatic rings. The molecule has 0 aromatic heterocycles. The fourth-order valence-corrected chi connectivity index (χ4v) is 2.44. The van der Waals surface area contributed by atoms with Crippen LogP contribution in [0.15, 0.2) is 42.5 Å². The van der Waals surface area contributed by atoms with Gasteiger partial charge in [0.1, 0.15) is 0 Å². The number of benzene rings is 2. The zero-order valence-corrected chi connectivity index (χ0v) is 14.9. The number of anilines is 1. The summed E-state index contributed by atoms with van der Waals surface area (Å²) in [6.07, 6.45) is 0. The predicted molar refractivity (Wildman–Crippen MR) is 97.5 cm³/mol. The van der Waals surface area contributed by atoms with Gasteiger partial charge in [0, 0.05) is 22.4 Å². The van der Waals surface area contributed by atoms with Crippen molar-refractivity contribution in [2.75, 3.05) is 5.32 Å². The van der Waals surface area contributed by atoms with Crippen molar-refractivity contribution in [2.24, 2.45) is 0 Å². The monoisotopic (exact) mass is 324 g/mol. The van der Waals surface area contributed by atoms with Gasteiger partial charge in [-0.3, -0.25) is 9.59 Å². The summed E-state index contributed by atoms with van der Waals surface area (Å²) in [5, 5.41) is 5.78. The Morgan fingerprint density at radius 2 is 1.25 bits per heavy atom. The highest BCUT2D eigenvalue weighted by Crippen LogP contribution is 2.15. The molecule has 0 bridgehead atoms. The van der Waals surface area contributed by atoms with E-state index >= 15 is 0 Å². The molecule has 24 heavy (non-hydrogen) atoms. The van der Waals surface area contributed by atoms with Crippen molar-refractivity contribution in [1.82, 2.24) is 5.32 Å². The molecular formula is C20H24N2O2. The maximum absolute atomic E-state index is 12.3. The van der Waals surface area contributed by atoms with Crippen molar-refractivity contribution in [2.45, 2.75) is 40.2 Å². The van der Waals surface area contributed by atoms with Crippen molar-refractivity contribution < 1.29 is 9.59 Å². The number of carbonyl (C=O) groups is 2. The molecule has 2 rings (SSSR count). The standard InChI is InChI=1S/C20H24N2O2/c1-13-10-14(2)12-17(11-13)21-18(23)15-6-8-16(9-7-15)19(24)22-20(3,4)5/h6-12H,1-5H3,(H,21,23)(H,22,24). The summed E-state index contributed by atoms with van der Waals surface area (Å²) >= 11 is 0. The van der Waals surface area contributed by atoms with Crippen LogP contribution in [0.4, 0.5) is 5.69 Å². The van der Waals surface area contributed by atoms with Gasteiger partial charge < -0.3 is 10.6 Å². The molecule has 0 fully saturated rings. The summed E-state index contributed by atoms with van der Waals surface area (Å²) in [6.45, 7) is 9.76. The number of carbonyl (C=O) groups excluding carboxylic acids is 2. The number of amides is 2. The van der Waals surface area contributed by atoms with Crippen LogP contribution in [-0.4, -0.2) is 17.4 Å². The van der Waals surface area contributed by atoms with Crippen LogP contribution in [0.1, 0.15) is 52.6 Å². The van der Waals surface area contributed by atoms with Crippen LogP contribution in [-0.2, 0) is 0 Å². The van der Waals surface area contributed by atoms with E-state index in [1.165, 1.54) is 0 Å². The van der Waals surface area contributed by atoms with Crippen LogP contribution >= 0.6 is 0 Å². The Labute approximate surface area is 143 Å². The summed E-state index contributed by atoms with van der Waals surface area (Å²) in [5.41, 5.74) is 3.72. The SMILES string of the molecule is Cc1cc(C)cc(NC(=O)c2ccc(C(=O)NC(C)(C)C)cc2)c1. The molecule has 0 aliphatic carbocycles. The van der Waals surface area contributed by atoms with Crippen LogP contribution in [0.2, 0.25) is 0 Å². The third-order valence-electron chi connectivity index (χ3n) is 3.38. The van der Waals surface area contributed by atoms with E-state index in [9.17, 15) is 9.59 Å². The van der Waals surface area contributed by atoms with Crippen molar-refractivity contribution in [3.05, 3.63) is 64.7 Å². The van der Waals surface area contributed by atoms with E-state index in [0.29, 0.717) is 11.1 Å². The van der Waals surface area contributed by atoms with Gasteiger partial charge >= 0.3 is 0 Å². The topological polar surface area (TPSA) is 58.2 Å². The molecule has 126 valence electrons. The van der Waals surface area contributed by atoms with E-state index in [-0.39, 0.29) is 17.4 Å². The largest absolute Gasteiger partial charge is 0.347 e. The summed E-state index contributed by atoms with van der Waals surface area (Å²) in [7, 11) is 0. The minimum absolute atomic E-state index is 0.149.